The molecule has 1 aliphatic carbocycles. The number of hydrogen-bond donors (Lipinski definition) is 1. The molecule has 1 aromatic rings. The molecule has 4 fully saturated rings. The summed E-state index contributed by atoms with van der Waals surface area (Å²) >= 11 is 5.83. The zero-order chi connectivity index (χ0) is 12.1. The SMILES string of the molecule is Cl.Clc1ccc(NC2C3CC4CC2CN(C4)C3)cn1. The highest BCUT2D eigenvalue weighted by Gasteiger charge is 2.47. The molecule has 0 spiro atoms. The molecule has 1 N–H and O–H groups in total. The van der Waals surface area contributed by atoms with Crippen molar-refractivity contribution in [2.75, 3.05) is 25.0 Å². The van der Waals surface area contributed by atoms with Gasteiger partial charge in [0, 0.05) is 25.7 Å². The molecule has 3 aliphatic heterocycles. The molecule has 4 bridgehead atoms. The van der Waals surface area contributed by atoms with Gasteiger partial charge >= 0.3 is 0 Å². The minimum atomic E-state index is 0. The van der Waals surface area contributed by atoms with E-state index < -0.39 is 0 Å². The third kappa shape index (κ3) is 2.44. The van der Waals surface area contributed by atoms with Gasteiger partial charge in [-0.05, 0) is 42.7 Å². The van der Waals surface area contributed by atoms with Gasteiger partial charge in [-0.3, -0.25) is 0 Å². The Hall–Kier alpha value is -0.510. The zero-order valence-corrected chi connectivity index (χ0v) is 12.3. The molecular weight excluding hydrogens is 281 g/mol. The van der Waals surface area contributed by atoms with E-state index in [9.17, 15) is 0 Å². The largest absolute Gasteiger partial charge is 0.380 e. The van der Waals surface area contributed by atoms with E-state index in [1.807, 2.05) is 18.3 Å². The van der Waals surface area contributed by atoms with Crippen molar-refractivity contribution < 1.29 is 0 Å². The molecule has 5 heteroatoms. The van der Waals surface area contributed by atoms with Crippen LogP contribution < -0.4 is 5.32 Å². The fourth-order valence-electron chi connectivity index (χ4n) is 4.30. The molecule has 4 heterocycles. The van der Waals surface area contributed by atoms with Crippen molar-refractivity contribution in [1.82, 2.24) is 9.88 Å². The van der Waals surface area contributed by atoms with Gasteiger partial charge in [-0.15, -0.1) is 12.4 Å². The van der Waals surface area contributed by atoms with Gasteiger partial charge in [-0.2, -0.15) is 0 Å². The molecule has 104 valence electrons. The lowest BCUT2D eigenvalue weighted by molar-refractivity contribution is -0.0269. The van der Waals surface area contributed by atoms with E-state index in [-0.39, 0.29) is 12.4 Å². The number of hydrogen-bond acceptors (Lipinski definition) is 3. The summed E-state index contributed by atoms with van der Waals surface area (Å²) in [5, 5.41) is 4.27. The molecule has 3 nitrogen and oxygen atoms in total. The average molecular weight is 300 g/mol. The molecule has 5 rings (SSSR count). The Morgan fingerprint density at radius 1 is 1.16 bits per heavy atom. The fraction of sp³-hybridized carbons (Fsp3) is 0.643. The summed E-state index contributed by atoms with van der Waals surface area (Å²) in [4.78, 5) is 6.81. The highest BCUT2D eigenvalue weighted by atomic mass is 35.5. The molecule has 1 aromatic heterocycles. The van der Waals surface area contributed by atoms with Gasteiger partial charge in [-0.25, -0.2) is 4.98 Å². The number of rotatable bonds is 2. The standard InChI is InChI=1S/C14H18ClN3.ClH/c15-13-2-1-12(5-16-13)17-14-10-3-9-4-11(14)8-18(6-9)7-10;/h1-2,5,9-11,14,17H,3-4,6-8H2;1H. The first-order chi connectivity index (χ1) is 8.78. The smallest absolute Gasteiger partial charge is 0.129 e. The van der Waals surface area contributed by atoms with Crippen LogP contribution in [0.3, 0.4) is 0 Å². The molecule has 4 aliphatic rings. The Labute approximate surface area is 125 Å². The lowest BCUT2D eigenvalue weighted by Gasteiger charge is -2.56. The molecule has 2 unspecified atom stereocenters. The predicted octanol–water partition coefficient (Wildman–Crippen LogP) is 2.91. The van der Waals surface area contributed by atoms with Crippen LogP contribution in [0, 0.1) is 17.8 Å². The normalized spacial score (nSPS) is 38.9. The second kappa shape index (κ2) is 5.12. The van der Waals surface area contributed by atoms with E-state index >= 15 is 0 Å². The van der Waals surface area contributed by atoms with Crippen LogP contribution in [0.2, 0.25) is 5.15 Å². The highest BCUT2D eigenvalue weighted by Crippen LogP contribution is 2.44. The fourth-order valence-corrected chi connectivity index (χ4v) is 4.41. The number of nitrogens with one attached hydrogen (secondary N) is 1. The van der Waals surface area contributed by atoms with Crippen molar-refractivity contribution in [1.29, 1.82) is 0 Å². The summed E-state index contributed by atoms with van der Waals surface area (Å²) in [6.07, 6.45) is 4.67. The van der Waals surface area contributed by atoms with Gasteiger partial charge in [0.25, 0.3) is 0 Å². The third-order valence-electron chi connectivity index (χ3n) is 4.85. The van der Waals surface area contributed by atoms with E-state index in [1.54, 1.807) is 0 Å². The number of piperidine rings is 3. The summed E-state index contributed by atoms with van der Waals surface area (Å²) < 4.78 is 0. The first-order valence-corrected chi connectivity index (χ1v) is 7.26. The van der Waals surface area contributed by atoms with Crippen LogP contribution in [0.4, 0.5) is 5.69 Å². The number of pyridine rings is 1. The highest BCUT2D eigenvalue weighted by molar-refractivity contribution is 6.29. The second-order valence-corrected chi connectivity index (χ2v) is 6.50. The van der Waals surface area contributed by atoms with Gasteiger partial charge < -0.3 is 10.2 Å². The van der Waals surface area contributed by atoms with Crippen LogP contribution in [-0.4, -0.2) is 35.6 Å². The van der Waals surface area contributed by atoms with Gasteiger partial charge in [0.1, 0.15) is 5.15 Å². The van der Waals surface area contributed by atoms with E-state index in [1.165, 1.54) is 32.5 Å². The van der Waals surface area contributed by atoms with Crippen molar-refractivity contribution in [3.05, 3.63) is 23.5 Å². The molecule has 0 radical (unpaired) electrons. The van der Waals surface area contributed by atoms with Crippen LogP contribution in [0.5, 0.6) is 0 Å². The second-order valence-electron chi connectivity index (χ2n) is 6.12. The molecule has 3 saturated heterocycles. The van der Waals surface area contributed by atoms with Crippen molar-refractivity contribution in [2.24, 2.45) is 17.8 Å². The first-order valence-electron chi connectivity index (χ1n) is 6.88. The van der Waals surface area contributed by atoms with Crippen LogP contribution in [-0.2, 0) is 0 Å². The van der Waals surface area contributed by atoms with Gasteiger partial charge in [-0.1, -0.05) is 11.6 Å². The van der Waals surface area contributed by atoms with Gasteiger partial charge in [0.2, 0.25) is 0 Å². The van der Waals surface area contributed by atoms with Crippen molar-refractivity contribution in [3.63, 3.8) is 0 Å². The Balaban J connectivity index is 0.00000110. The number of aromatic nitrogens is 1. The van der Waals surface area contributed by atoms with Crippen molar-refractivity contribution >= 4 is 29.7 Å². The van der Waals surface area contributed by atoms with Crippen LogP contribution in [0.25, 0.3) is 0 Å². The summed E-state index contributed by atoms with van der Waals surface area (Å²) in [6.45, 7) is 3.92. The van der Waals surface area contributed by atoms with E-state index in [0.29, 0.717) is 11.2 Å². The number of anilines is 1. The quantitative estimate of drug-likeness (QED) is 0.851. The average Bonchev–Trinajstić information content (AvgIpc) is 2.35. The van der Waals surface area contributed by atoms with Crippen LogP contribution >= 0.6 is 24.0 Å². The summed E-state index contributed by atoms with van der Waals surface area (Å²) in [6, 6.07) is 4.55. The lowest BCUT2D eigenvalue weighted by atomic mass is 9.65. The van der Waals surface area contributed by atoms with E-state index in [4.69, 9.17) is 11.6 Å². The minimum Gasteiger partial charge on any atom is -0.380 e. The summed E-state index contributed by atoms with van der Waals surface area (Å²) in [5.74, 6) is 2.61. The Morgan fingerprint density at radius 2 is 1.89 bits per heavy atom. The maximum Gasteiger partial charge on any atom is 0.129 e. The van der Waals surface area contributed by atoms with Crippen LogP contribution in [0.15, 0.2) is 18.3 Å². The Morgan fingerprint density at radius 3 is 2.47 bits per heavy atom. The third-order valence-corrected chi connectivity index (χ3v) is 5.07. The van der Waals surface area contributed by atoms with Gasteiger partial charge in [0.15, 0.2) is 0 Å². The molecule has 0 amide bonds. The molecule has 2 atom stereocenters. The number of halogens is 2. The first kappa shape index (κ1) is 13.5. The predicted molar refractivity (Wildman–Crippen MR) is 80.0 cm³/mol. The topological polar surface area (TPSA) is 28.2 Å². The van der Waals surface area contributed by atoms with E-state index in [2.05, 4.69) is 15.2 Å². The Bertz CT molecular complexity index is 421. The maximum absolute atomic E-state index is 5.83. The lowest BCUT2D eigenvalue weighted by Crippen LogP contribution is -2.62. The summed E-state index contributed by atoms with van der Waals surface area (Å²) in [7, 11) is 0. The molecular formula is C14H19Cl2N3. The molecule has 0 aromatic carbocycles. The maximum atomic E-state index is 5.83. The Kier molecular flexibility index (Phi) is 3.63. The van der Waals surface area contributed by atoms with Crippen molar-refractivity contribution in [3.8, 4) is 0 Å². The molecule has 1 saturated carbocycles. The zero-order valence-electron chi connectivity index (χ0n) is 10.8. The van der Waals surface area contributed by atoms with Crippen molar-refractivity contribution in [2.45, 2.75) is 18.9 Å². The molecule has 19 heavy (non-hydrogen) atoms. The van der Waals surface area contributed by atoms with Crippen LogP contribution in [0.1, 0.15) is 12.8 Å². The number of nitrogens with zero attached hydrogens (tertiary/aromatic N) is 2. The monoisotopic (exact) mass is 299 g/mol. The van der Waals surface area contributed by atoms with E-state index in [0.717, 1.165) is 23.4 Å². The summed E-state index contributed by atoms with van der Waals surface area (Å²) in [5.41, 5.74) is 1.12. The van der Waals surface area contributed by atoms with Gasteiger partial charge in [0.05, 0.1) is 11.9 Å². The minimum absolute atomic E-state index is 0.